The van der Waals surface area contributed by atoms with Crippen molar-refractivity contribution in [1.82, 2.24) is 14.5 Å². The lowest BCUT2D eigenvalue weighted by Gasteiger charge is -2.12. The highest BCUT2D eigenvalue weighted by Gasteiger charge is 2.11. The van der Waals surface area contributed by atoms with Crippen LogP contribution in [0.15, 0.2) is 62.6 Å². The fourth-order valence-corrected chi connectivity index (χ4v) is 3.27. The van der Waals surface area contributed by atoms with Gasteiger partial charge in [-0.25, -0.2) is 0 Å². The Morgan fingerprint density at radius 1 is 1.04 bits per heavy atom. The first-order valence-corrected chi connectivity index (χ1v) is 8.96. The monoisotopic (exact) mass is 415 g/mol. The van der Waals surface area contributed by atoms with Crippen molar-refractivity contribution in [3.8, 4) is 0 Å². The van der Waals surface area contributed by atoms with Crippen molar-refractivity contribution in [3.05, 3.63) is 79.3 Å². The summed E-state index contributed by atoms with van der Waals surface area (Å²) >= 11 is 3.39. The van der Waals surface area contributed by atoms with Gasteiger partial charge in [0, 0.05) is 31.0 Å². The molecule has 3 aromatic rings. The van der Waals surface area contributed by atoms with Crippen LogP contribution in [0.3, 0.4) is 0 Å². The third-order valence-corrected chi connectivity index (χ3v) is 4.70. The lowest BCUT2D eigenvalue weighted by molar-refractivity contribution is -0.121. The standard InChI is InChI=1S/C19H18BrN3O3/c1-22-15-7-2-3-8-16(15)23(19(26)18(22)25)10-9-17(24)21-12-13-5-4-6-14(20)11-13/h2-8,11H,9-10,12H2,1H3,(H,21,24). The average molecular weight is 416 g/mol. The molecule has 0 aliphatic carbocycles. The summed E-state index contributed by atoms with van der Waals surface area (Å²) in [6.07, 6.45) is 0.116. The molecule has 0 fully saturated rings. The quantitative estimate of drug-likeness (QED) is 0.648. The maximum absolute atomic E-state index is 12.3. The molecule has 1 amide bonds. The first kappa shape index (κ1) is 18.1. The van der Waals surface area contributed by atoms with E-state index in [1.807, 2.05) is 24.3 Å². The second-order valence-electron chi connectivity index (χ2n) is 5.97. The summed E-state index contributed by atoms with van der Waals surface area (Å²) in [6.45, 7) is 0.560. The normalized spacial score (nSPS) is 10.8. The van der Waals surface area contributed by atoms with Gasteiger partial charge in [-0.2, -0.15) is 0 Å². The van der Waals surface area contributed by atoms with E-state index < -0.39 is 11.1 Å². The number of para-hydroxylation sites is 2. The van der Waals surface area contributed by atoms with Crippen LogP contribution in [-0.2, 0) is 24.9 Å². The number of nitrogens with one attached hydrogen (secondary N) is 1. The molecule has 6 nitrogen and oxygen atoms in total. The minimum absolute atomic E-state index is 0.116. The van der Waals surface area contributed by atoms with Gasteiger partial charge in [0.05, 0.1) is 11.0 Å². The number of carbonyl (C=O) groups is 1. The van der Waals surface area contributed by atoms with Crippen LogP contribution in [0, 0.1) is 0 Å². The van der Waals surface area contributed by atoms with Crippen LogP contribution in [0.5, 0.6) is 0 Å². The van der Waals surface area contributed by atoms with Crippen LogP contribution < -0.4 is 16.4 Å². The Morgan fingerprint density at radius 3 is 2.50 bits per heavy atom. The molecule has 0 aliphatic heterocycles. The molecule has 1 aromatic heterocycles. The maximum atomic E-state index is 12.3. The maximum Gasteiger partial charge on any atom is 0.316 e. The van der Waals surface area contributed by atoms with E-state index in [2.05, 4.69) is 21.2 Å². The average Bonchev–Trinajstić information content (AvgIpc) is 2.64. The van der Waals surface area contributed by atoms with E-state index in [0.717, 1.165) is 10.0 Å². The number of halogens is 1. The van der Waals surface area contributed by atoms with Crippen molar-refractivity contribution in [2.45, 2.75) is 19.5 Å². The van der Waals surface area contributed by atoms with Crippen LogP contribution in [0.1, 0.15) is 12.0 Å². The minimum Gasteiger partial charge on any atom is -0.352 e. The lowest BCUT2D eigenvalue weighted by Crippen LogP contribution is -2.41. The van der Waals surface area contributed by atoms with Crippen LogP contribution in [0.2, 0.25) is 0 Å². The number of amides is 1. The summed E-state index contributed by atoms with van der Waals surface area (Å²) in [5.74, 6) is -0.179. The number of rotatable bonds is 5. The van der Waals surface area contributed by atoms with E-state index in [9.17, 15) is 14.4 Å². The van der Waals surface area contributed by atoms with Gasteiger partial charge < -0.3 is 14.5 Å². The molecule has 1 N–H and O–H groups in total. The first-order valence-electron chi connectivity index (χ1n) is 8.17. The summed E-state index contributed by atoms with van der Waals surface area (Å²) in [5, 5.41) is 2.83. The number of benzene rings is 2. The summed E-state index contributed by atoms with van der Waals surface area (Å²) in [4.78, 5) is 36.6. The van der Waals surface area contributed by atoms with Crippen LogP contribution in [-0.4, -0.2) is 15.0 Å². The van der Waals surface area contributed by atoms with Gasteiger partial charge in [-0.3, -0.25) is 14.4 Å². The lowest BCUT2D eigenvalue weighted by atomic mass is 10.2. The smallest absolute Gasteiger partial charge is 0.316 e. The van der Waals surface area contributed by atoms with E-state index >= 15 is 0 Å². The molecule has 0 unspecified atom stereocenters. The van der Waals surface area contributed by atoms with E-state index in [0.29, 0.717) is 17.6 Å². The Hall–Kier alpha value is -2.67. The van der Waals surface area contributed by atoms with Crippen molar-refractivity contribution in [3.63, 3.8) is 0 Å². The number of aryl methyl sites for hydroxylation is 2. The summed E-state index contributed by atoms with van der Waals surface area (Å²) in [5.41, 5.74) is 1.05. The topological polar surface area (TPSA) is 73.1 Å². The Balaban J connectivity index is 1.74. The molecule has 0 atom stereocenters. The van der Waals surface area contributed by atoms with E-state index in [4.69, 9.17) is 0 Å². The molecular weight excluding hydrogens is 398 g/mol. The number of hydrogen-bond donors (Lipinski definition) is 1. The summed E-state index contributed by atoms with van der Waals surface area (Å²) in [6, 6.07) is 14.8. The highest BCUT2D eigenvalue weighted by Crippen LogP contribution is 2.12. The second-order valence-corrected chi connectivity index (χ2v) is 6.88. The van der Waals surface area contributed by atoms with Gasteiger partial charge in [0.1, 0.15) is 0 Å². The minimum atomic E-state index is -0.619. The number of nitrogens with zero attached hydrogens (tertiary/aromatic N) is 2. The Kier molecular flexibility index (Phi) is 5.37. The fourth-order valence-electron chi connectivity index (χ4n) is 2.83. The summed E-state index contributed by atoms with van der Waals surface area (Å²) in [7, 11) is 1.57. The van der Waals surface area contributed by atoms with Gasteiger partial charge in [-0.05, 0) is 29.8 Å². The molecule has 7 heteroatoms. The number of aromatic nitrogens is 2. The molecule has 0 saturated heterocycles. The zero-order valence-electron chi connectivity index (χ0n) is 14.2. The number of fused-ring (bicyclic) bond motifs is 1. The molecule has 0 aliphatic rings. The molecule has 0 radical (unpaired) electrons. The van der Waals surface area contributed by atoms with Crippen LogP contribution in [0.4, 0.5) is 0 Å². The molecule has 0 spiro atoms. The van der Waals surface area contributed by atoms with Crippen molar-refractivity contribution in [2.24, 2.45) is 7.05 Å². The highest BCUT2D eigenvalue weighted by molar-refractivity contribution is 9.10. The molecular formula is C19H18BrN3O3. The highest BCUT2D eigenvalue weighted by atomic mass is 79.9. The largest absolute Gasteiger partial charge is 0.352 e. The fraction of sp³-hybridized carbons (Fsp3) is 0.211. The van der Waals surface area contributed by atoms with Gasteiger partial charge >= 0.3 is 11.1 Å². The van der Waals surface area contributed by atoms with Gasteiger partial charge in [0.25, 0.3) is 0 Å². The molecule has 3 rings (SSSR count). The molecule has 2 aromatic carbocycles. The van der Waals surface area contributed by atoms with Crippen LogP contribution >= 0.6 is 15.9 Å². The Bertz CT molecular complexity index is 1090. The van der Waals surface area contributed by atoms with Gasteiger partial charge in [0.2, 0.25) is 5.91 Å². The van der Waals surface area contributed by atoms with E-state index in [-0.39, 0.29) is 18.9 Å². The molecule has 26 heavy (non-hydrogen) atoms. The summed E-state index contributed by atoms with van der Waals surface area (Å²) < 4.78 is 3.65. The van der Waals surface area contributed by atoms with Crippen molar-refractivity contribution in [1.29, 1.82) is 0 Å². The zero-order chi connectivity index (χ0) is 18.7. The van der Waals surface area contributed by atoms with Gasteiger partial charge in [0.15, 0.2) is 0 Å². The Labute approximate surface area is 158 Å². The van der Waals surface area contributed by atoms with Crippen molar-refractivity contribution in [2.75, 3.05) is 0 Å². The zero-order valence-corrected chi connectivity index (χ0v) is 15.8. The molecule has 0 bridgehead atoms. The predicted octanol–water partition coefficient (Wildman–Crippen LogP) is 2.17. The Morgan fingerprint density at radius 2 is 1.77 bits per heavy atom. The SMILES string of the molecule is Cn1c(=O)c(=O)n(CCC(=O)NCc2cccc(Br)c2)c2ccccc21. The van der Waals surface area contributed by atoms with Gasteiger partial charge in [-0.1, -0.05) is 40.2 Å². The van der Waals surface area contributed by atoms with E-state index in [1.165, 1.54) is 9.13 Å². The third kappa shape index (κ3) is 3.77. The number of carbonyl (C=O) groups excluding carboxylic acids is 1. The third-order valence-electron chi connectivity index (χ3n) is 4.21. The first-order chi connectivity index (χ1) is 12.5. The molecule has 1 heterocycles. The van der Waals surface area contributed by atoms with Gasteiger partial charge in [-0.15, -0.1) is 0 Å². The number of hydrogen-bond acceptors (Lipinski definition) is 3. The molecule has 134 valence electrons. The molecule has 0 saturated carbocycles. The van der Waals surface area contributed by atoms with Crippen LogP contribution in [0.25, 0.3) is 11.0 Å². The predicted molar refractivity (Wildman–Crippen MR) is 104 cm³/mol. The van der Waals surface area contributed by atoms with Crippen molar-refractivity contribution >= 4 is 32.9 Å². The van der Waals surface area contributed by atoms with E-state index in [1.54, 1.807) is 31.3 Å². The van der Waals surface area contributed by atoms with Crippen molar-refractivity contribution < 1.29 is 4.79 Å². The second kappa shape index (κ2) is 7.70.